The summed E-state index contributed by atoms with van der Waals surface area (Å²) in [6.07, 6.45) is 2.21. The maximum Gasteiger partial charge on any atom is 0.409 e. The predicted octanol–water partition coefficient (Wildman–Crippen LogP) is 1.66. The molecule has 0 bridgehead atoms. The van der Waals surface area contributed by atoms with Crippen LogP contribution in [0.2, 0.25) is 0 Å². The van der Waals surface area contributed by atoms with E-state index in [2.05, 4.69) is 14.8 Å². The monoisotopic (exact) mass is 319 g/mol. The van der Waals surface area contributed by atoms with Crippen LogP contribution in [0, 0.1) is 6.92 Å². The molecule has 1 aromatic rings. The number of amides is 1. The highest BCUT2D eigenvalue weighted by atomic mass is 16.6. The van der Waals surface area contributed by atoms with Gasteiger partial charge < -0.3 is 19.4 Å². The molecule has 1 amide bonds. The molecule has 0 unspecified atom stereocenters. The second-order valence-corrected chi connectivity index (χ2v) is 6.03. The molecule has 126 valence electrons. The fourth-order valence-electron chi connectivity index (χ4n) is 3.09. The average Bonchev–Trinajstić information content (AvgIpc) is 3.09. The van der Waals surface area contributed by atoms with Gasteiger partial charge in [0.05, 0.1) is 6.61 Å². The van der Waals surface area contributed by atoms with E-state index in [1.807, 2.05) is 19.9 Å². The lowest BCUT2D eigenvalue weighted by atomic mass is 10.3. The van der Waals surface area contributed by atoms with Crippen molar-refractivity contribution < 1.29 is 9.53 Å². The lowest BCUT2D eigenvalue weighted by molar-refractivity contribution is 0.105. The predicted molar refractivity (Wildman–Crippen MR) is 89.0 cm³/mol. The molecular weight excluding hydrogens is 294 g/mol. The third-order valence-electron chi connectivity index (χ3n) is 4.35. The van der Waals surface area contributed by atoms with Gasteiger partial charge in [-0.05, 0) is 26.7 Å². The van der Waals surface area contributed by atoms with E-state index in [9.17, 15) is 4.79 Å². The van der Waals surface area contributed by atoms with Crippen molar-refractivity contribution in [3.63, 3.8) is 0 Å². The number of carbonyl (C=O) groups is 1. The quantitative estimate of drug-likeness (QED) is 0.844. The van der Waals surface area contributed by atoms with Gasteiger partial charge in [-0.3, -0.25) is 0 Å². The van der Waals surface area contributed by atoms with Crippen molar-refractivity contribution >= 4 is 17.9 Å². The number of ether oxygens (including phenoxy) is 1. The fraction of sp³-hybridized carbons (Fsp3) is 0.688. The Labute approximate surface area is 137 Å². The molecule has 2 aliphatic rings. The molecule has 0 spiro atoms. The van der Waals surface area contributed by atoms with Gasteiger partial charge >= 0.3 is 6.09 Å². The Morgan fingerprint density at radius 1 is 1.09 bits per heavy atom. The summed E-state index contributed by atoms with van der Waals surface area (Å²) in [4.78, 5) is 27.4. The first kappa shape index (κ1) is 15.8. The van der Waals surface area contributed by atoms with E-state index in [0.717, 1.165) is 43.6 Å². The largest absolute Gasteiger partial charge is 0.450 e. The topological polar surface area (TPSA) is 61.8 Å². The van der Waals surface area contributed by atoms with E-state index >= 15 is 0 Å². The van der Waals surface area contributed by atoms with E-state index in [1.165, 1.54) is 12.8 Å². The molecule has 0 N–H and O–H groups in total. The molecular formula is C16H25N5O2. The summed E-state index contributed by atoms with van der Waals surface area (Å²) in [5, 5.41) is 0. The number of anilines is 2. The molecule has 3 rings (SSSR count). The van der Waals surface area contributed by atoms with Crippen molar-refractivity contribution in [1.82, 2.24) is 14.9 Å². The number of hydrogen-bond acceptors (Lipinski definition) is 6. The number of hydrogen-bond donors (Lipinski definition) is 0. The summed E-state index contributed by atoms with van der Waals surface area (Å²) in [7, 11) is 0. The Kier molecular flexibility index (Phi) is 4.83. The number of aromatic nitrogens is 2. The van der Waals surface area contributed by atoms with Crippen LogP contribution >= 0.6 is 0 Å². The summed E-state index contributed by atoms with van der Waals surface area (Å²) >= 11 is 0. The van der Waals surface area contributed by atoms with Crippen molar-refractivity contribution in [2.24, 2.45) is 0 Å². The molecule has 2 saturated heterocycles. The first-order chi connectivity index (χ1) is 11.2. The third-order valence-corrected chi connectivity index (χ3v) is 4.35. The van der Waals surface area contributed by atoms with Crippen LogP contribution in [0.1, 0.15) is 25.5 Å². The number of rotatable bonds is 3. The Bertz CT molecular complexity index is 551. The van der Waals surface area contributed by atoms with Gasteiger partial charge in [0.2, 0.25) is 5.95 Å². The standard InChI is InChI=1S/C16H25N5O2/c1-3-23-16(22)21-10-8-19(9-11-21)14-12-13(2)17-15(18-14)20-6-4-5-7-20/h12H,3-11H2,1-2H3. The van der Waals surface area contributed by atoms with Gasteiger partial charge in [0.1, 0.15) is 5.82 Å². The maximum absolute atomic E-state index is 11.8. The van der Waals surface area contributed by atoms with E-state index in [1.54, 1.807) is 4.90 Å². The molecule has 2 aliphatic heterocycles. The van der Waals surface area contributed by atoms with Crippen LogP contribution in [0.3, 0.4) is 0 Å². The number of aryl methyl sites for hydroxylation is 1. The Hall–Kier alpha value is -2.05. The number of carbonyl (C=O) groups excluding carboxylic acids is 1. The second-order valence-electron chi connectivity index (χ2n) is 6.03. The minimum Gasteiger partial charge on any atom is -0.450 e. The van der Waals surface area contributed by atoms with Crippen LogP contribution < -0.4 is 9.80 Å². The highest BCUT2D eigenvalue weighted by molar-refractivity contribution is 5.68. The Morgan fingerprint density at radius 3 is 2.43 bits per heavy atom. The zero-order valence-corrected chi connectivity index (χ0v) is 14.0. The lowest BCUT2D eigenvalue weighted by Gasteiger charge is -2.35. The smallest absolute Gasteiger partial charge is 0.409 e. The van der Waals surface area contributed by atoms with Gasteiger partial charge in [-0.2, -0.15) is 4.98 Å². The van der Waals surface area contributed by atoms with Gasteiger partial charge in [0.15, 0.2) is 0 Å². The number of piperazine rings is 1. The van der Waals surface area contributed by atoms with Gasteiger partial charge in [0.25, 0.3) is 0 Å². The average molecular weight is 319 g/mol. The van der Waals surface area contributed by atoms with Crippen molar-refractivity contribution in [2.75, 3.05) is 55.7 Å². The summed E-state index contributed by atoms with van der Waals surface area (Å²) in [5.41, 5.74) is 0.990. The molecule has 0 atom stereocenters. The summed E-state index contributed by atoms with van der Waals surface area (Å²) in [5.74, 6) is 1.80. The Balaban J connectivity index is 1.67. The lowest BCUT2D eigenvalue weighted by Crippen LogP contribution is -2.49. The van der Waals surface area contributed by atoms with Crippen LogP contribution in [0.4, 0.5) is 16.6 Å². The highest BCUT2D eigenvalue weighted by Crippen LogP contribution is 2.21. The van der Waals surface area contributed by atoms with E-state index in [0.29, 0.717) is 19.7 Å². The molecule has 1 aromatic heterocycles. The fourth-order valence-corrected chi connectivity index (χ4v) is 3.09. The summed E-state index contributed by atoms with van der Waals surface area (Å²) in [6, 6.07) is 2.03. The van der Waals surface area contributed by atoms with E-state index in [-0.39, 0.29) is 6.09 Å². The van der Waals surface area contributed by atoms with Crippen LogP contribution in [0.25, 0.3) is 0 Å². The van der Waals surface area contributed by atoms with Crippen LogP contribution in [0.15, 0.2) is 6.07 Å². The van der Waals surface area contributed by atoms with E-state index < -0.39 is 0 Å². The molecule has 23 heavy (non-hydrogen) atoms. The minimum absolute atomic E-state index is 0.219. The SMILES string of the molecule is CCOC(=O)N1CCN(c2cc(C)nc(N3CCCC3)n2)CC1. The third kappa shape index (κ3) is 3.65. The van der Waals surface area contributed by atoms with Gasteiger partial charge in [-0.15, -0.1) is 0 Å². The molecule has 0 radical (unpaired) electrons. The van der Waals surface area contributed by atoms with Crippen molar-refractivity contribution in [1.29, 1.82) is 0 Å². The van der Waals surface area contributed by atoms with Crippen LogP contribution in [-0.4, -0.2) is 66.8 Å². The highest BCUT2D eigenvalue weighted by Gasteiger charge is 2.24. The molecule has 3 heterocycles. The maximum atomic E-state index is 11.8. The van der Waals surface area contributed by atoms with Crippen molar-refractivity contribution in [2.45, 2.75) is 26.7 Å². The van der Waals surface area contributed by atoms with Crippen molar-refractivity contribution in [3.05, 3.63) is 11.8 Å². The zero-order chi connectivity index (χ0) is 16.2. The van der Waals surface area contributed by atoms with Gasteiger partial charge in [0, 0.05) is 51.0 Å². The first-order valence-corrected chi connectivity index (χ1v) is 8.44. The molecule has 0 aliphatic carbocycles. The number of nitrogens with zero attached hydrogens (tertiary/aromatic N) is 5. The molecule has 2 fully saturated rings. The first-order valence-electron chi connectivity index (χ1n) is 8.44. The summed E-state index contributed by atoms with van der Waals surface area (Å²) in [6.45, 7) is 9.23. The second kappa shape index (κ2) is 7.02. The van der Waals surface area contributed by atoms with E-state index in [4.69, 9.17) is 9.72 Å². The van der Waals surface area contributed by atoms with Crippen LogP contribution in [0.5, 0.6) is 0 Å². The van der Waals surface area contributed by atoms with Gasteiger partial charge in [-0.1, -0.05) is 0 Å². The zero-order valence-electron chi connectivity index (χ0n) is 14.0. The Morgan fingerprint density at radius 2 is 1.78 bits per heavy atom. The minimum atomic E-state index is -0.219. The van der Waals surface area contributed by atoms with Crippen molar-refractivity contribution in [3.8, 4) is 0 Å². The van der Waals surface area contributed by atoms with Gasteiger partial charge in [-0.25, -0.2) is 9.78 Å². The molecule has 7 heteroatoms. The normalized spacial score (nSPS) is 18.4. The molecule has 0 aromatic carbocycles. The molecule has 7 nitrogen and oxygen atoms in total. The molecule has 0 saturated carbocycles. The van der Waals surface area contributed by atoms with Crippen LogP contribution in [-0.2, 0) is 4.74 Å². The summed E-state index contributed by atoms with van der Waals surface area (Å²) < 4.78 is 5.06.